The van der Waals surface area contributed by atoms with Crippen LogP contribution in [0.15, 0.2) is 4.99 Å². The Kier molecular flexibility index (Phi) is 8.85. The van der Waals surface area contributed by atoms with Gasteiger partial charge in [0.2, 0.25) is 0 Å². The van der Waals surface area contributed by atoms with Crippen molar-refractivity contribution in [3.05, 3.63) is 0 Å². The van der Waals surface area contributed by atoms with E-state index in [-0.39, 0.29) is 11.2 Å². The van der Waals surface area contributed by atoms with Crippen LogP contribution in [0.4, 0.5) is 0 Å². The Morgan fingerprint density at radius 2 is 1.85 bits per heavy atom. The summed E-state index contributed by atoms with van der Waals surface area (Å²) in [6, 6.07) is 0. The third-order valence-corrected chi connectivity index (χ3v) is 3.93. The largest absolute Gasteiger partial charge is 0.357 e. The van der Waals surface area contributed by atoms with E-state index in [0.29, 0.717) is 13.0 Å². The highest BCUT2D eigenvalue weighted by molar-refractivity contribution is 7.90. The molecule has 20 heavy (non-hydrogen) atoms. The average Bonchev–Trinajstić information content (AvgIpc) is 2.33. The number of rotatable bonds is 9. The molecule has 5 nitrogen and oxygen atoms in total. The standard InChI is InChI=1S/C14H31N3O2S/c1-6-8-10-16-13(15-7-2)17-12-14(3,4)9-11-20(5,18)19/h6-12H2,1-5H3,(H2,15,16,17). The fraction of sp³-hybridized carbons (Fsp3) is 0.929. The second-order valence-electron chi connectivity index (χ2n) is 6.02. The maximum Gasteiger partial charge on any atom is 0.191 e. The van der Waals surface area contributed by atoms with Gasteiger partial charge in [0.1, 0.15) is 9.84 Å². The Labute approximate surface area is 124 Å². The van der Waals surface area contributed by atoms with E-state index in [0.717, 1.165) is 31.9 Å². The van der Waals surface area contributed by atoms with Crippen LogP contribution in [0.3, 0.4) is 0 Å². The molecular formula is C14H31N3O2S. The maximum atomic E-state index is 11.2. The van der Waals surface area contributed by atoms with Crippen LogP contribution in [0.25, 0.3) is 0 Å². The zero-order valence-corrected chi connectivity index (χ0v) is 14.4. The number of hydrogen-bond donors (Lipinski definition) is 2. The number of sulfone groups is 1. The molecule has 0 aromatic rings. The molecular weight excluding hydrogens is 274 g/mol. The second kappa shape index (κ2) is 9.21. The molecule has 0 heterocycles. The van der Waals surface area contributed by atoms with Gasteiger partial charge in [-0.3, -0.25) is 4.99 Å². The molecule has 0 amide bonds. The smallest absolute Gasteiger partial charge is 0.191 e. The van der Waals surface area contributed by atoms with E-state index < -0.39 is 9.84 Å². The summed E-state index contributed by atoms with van der Waals surface area (Å²) in [4.78, 5) is 4.56. The Morgan fingerprint density at radius 3 is 2.35 bits per heavy atom. The summed E-state index contributed by atoms with van der Waals surface area (Å²) >= 11 is 0. The van der Waals surface area contributed by atoms with Gasteiger partial charge in [-0.2, -0.15) is 0 Å². The Balaban J connectivity index is 4.41. The molecule has 0 aliphatic carbocycles. The van der Waals surface area contributed by atoms with Crippen molar-refractivity contribution in [3.8, 4) is 0 Å². The highest BCUT2D eigenvalue weighted by Crippen LogP contribution is 2.21. The zero-order valence-electron chi connectivity index (χ0n) is 13.6. The highest BCUT2D eigenvalue weighted by Gasteiger charge is 2.20. The first-order valence-electron chi connectivity index (χ1n) is 7.40. The lowest BCUT2D eigenvalue weighted by Gasteiger charge is -2.22. The molecule has 120 valence electrons. The molecule has 0 unspecified atom stereocenters. The predicted octanol–water partition coefficient (Wildman–Crippen LogP) is 1.80. The maximum absolute atomic E-state index is 11.2. The summed E-state index contributed by atoms with van der Waals surface area (Å²) in [6.07, 6.45) is 4.17. The molecule has 2 N–H and O–H groups in total. The molecule has 0 rings (SSSR count). The summed E-state index contributed by atoms with van der Waals surface area (Å²) in [5.74, 6) is 1.03. The van der Waals surface area contributed by atoms with E-state index in [1.807, 2.05) is 6.92 Å². The molecule has 0 radical (unpaired) electrons. The van der Waals surface area contributed by atoms with Crippen molar-refractivity contribution >= 4 is 15.8 Å². The van der Waals surface area contributed by atoms with Crippen LogP contribution >= 0.6 is 0 Å². The highest BCUT2D eigenvalue weighted by atomic mass is 32.2. The number of unbranched alkanes of at least 4 members (excludes halogenated alkanes) is 1. The van der Waals surface area contributed by atoms with Crippen LogP contribution in [0.1, 0.15) is 47.0 Å². The van der Waals surface area contributed by atoms with Crippen molar-refractivity contribution in [2.45, 2.75) is 47.0 Å². The number of nitrogens with zero attached hydrogens (tertiary/aromatic N) is 1. The van der Waals surface area contributed by atoms with Crippen LogP contribution < -0.4 is 10.6 Å². The lowest BCUT2D eigenvalue weighted by molar-refractivity contribution is 0.365. The molecule has 0 atom stereocenters. The molecule has 0 aliphatic heterocycles. The first-order chi connectivity index (χ1) is 9.20. The Morgan fingerprint density at radius 1 is 1.20 bits per heavy atom. The average molecular weight is 305 g/mol. The fourth-order valence-electron chi connectivity index (χ4n) is 1.56. The van der Waals surface area contributed by atoms with Gasteiger partial charge in [0, 0.05) is 25.9 Å². The molecule has 0 bridgehead atoms. The summed E-state index contributed by atoms with van der Waals surface area (Å²) < 4.78 is 22.5. The SMILES string of the molecule is CCCCNC(=NCC(C)(C)CCS(C)(=O)=O)NCC. The van der Waals surface area contributed by atoms with Gasteiger partial charge in [0.25, 0.3) is 0 Å². The quantitative estimate of drug-likeness (QED) is 0.387. The van der Waals surface area contributed by atoms with Crippen LogP contribution in [-0.4, -0.2) is 46.0 Å². The number of aliphatic imine (C=N–C) groups is 1. The van der Waals surface area contributed by atoms with Crippen LogP contribution in [0.5, 0.6) is 0 Å². The minimum atomic E-state index is -2.90. The fourth-order valence-corrected chi connectivity index (χ4v) is 2.48. The Hall–Kier alpha value is -0.780. The lowest BCUT2D eigenvalue weighted by Crippen LogP contribution is -2.38. The van der Waals surface area contributed by atoms with Gasteiger partial charge in [0.15, 0.2) is 5.96 Å². The van der Waals surface area contributed by atoms with E-state index >= 15 is 0 Å². The second-order valence-corrected chi connectivity index (χ2v) is 8.28. The predicted molar refractivity (Wildman–Crippen MR) is 87.0 cm³/mol. The molecule has 0 spiro atoms. The first-order valence-corrected chi connectivity index (χ1v) is 9.46. The third kappa shape index (κ3) is 11.1. The van der Waals surface area contributed by atoms with Gasteiger partial charge in [-0.1, -0.05) is 27.2 Å². The van der Waals surface area contributed by atoms with E-state index in [2.05, 4.69) is 36.4 Å². The minimum Gasteiger partial charge on any atom is -0.357 e. The van der Waals surface area contributed by atoms with Gasteiger partial charge in [-0.25, -0.2) is 8.42 Å². The van der Waals surface area contributed by atoms with E-state index in [1.165, 1.54) is 6.26 Å². The molecule has 0 aromatic carbocycles. The topological polar surface area (TPSA) is 70.6 Å². The Bertz CT molecular complexity index is 389. The third-order valence-electron chi connectivity index (χ3n) is 2.98. The van der Waals surface area contributed by atoms with E-state index in [1.54, 1.807) is 0 Å². The molecule has 0 saturated carbocycles. The van der Waals surface area contributed by atoms with Gasteiger partial charge < -0.3 is 10.6 Å². The monoisotopic (exact) mass is 305 g/mol. The zero-order chi connectivity index (χ0) is 15.6. The van der Waals surface area contributed by atoms with Crippen molar-refractivity contribution in [1.29, 1.82) is 0 Å². The number of guanidine groups is 1. The van der Waals surface area contributed by atoms with Crippen molar-refractivity contribution in [2.24, 2.45) is 10.4 Å². The van der Waals surface area contributed by atoms with Crippen LogP contribution in [0, 0.1) is 5.41 Å². The van der Waals surface area contributed by atoms with Gasteiger partial charge >= 0.3 is 0 Å². The summed E-state index contributed by atoms with van der Waals surface area (Å²) in [5.41, 5.74) is -0.115. The molecule has 0 fully saturated rings. The summed E-state index contributed by atoms with van der Waals surface area (Å²) in [5, 5.41) is 6.49. The van der Waals surface area contributed by atoms with Crippen molar-refractivity contribution in [2.75, 3.05) is 31.6 Å². The van der Waals surface area contributed by atoms with Gasteiger partial charge in [0.05, 0.1) is 5.75 Å². The molecule has 6 heteroatoms. The van der Waals surface area contributed by atoms with Crippen LogP contribution in [0.2, 0.25) is 0 Å². The van der Waals surface area contributed by atoms with E-state index in [9.17, 15) is 8.42 Å². The minimum absolute atomic E-state index is 0.115. The molecule has 0 aromatic heterocycles. The normalized spacial score (nSPS) is 13.3. The van der Waals surface area contributed by atoms with Crippen molar-refractivity contribution < 1.29 is 8.42 Å². The van der Waals surface area contributed by atoms with Crippen molar-refractivity contribution in [3.63, 3.8) is 0 Å². The van der Waals surface area contributed by atoms with Crippen LogP contribution in [-0.2, 0) is 9.84 Å². The van der Waals surface area contributed by atoms with Crippen molar-refractivity contribution in [1.82, 2.24) is 10.6 Å². The number of nitrogens with one attached hydrogen (secondary N) is 2. The van der Waals surface area contributed by atoms with Gasteiger partial charge in [-0.05, 0) is 25.2 Å². The number of hydrogen-bond acceptors (Lipinski definition) is 3. The molecule has 0 saturated heterocycles. The summed E-state index contributed by atoms with van der Waals surface area (Å²) in [6.45, 7) is 10.6. The van der Waals surface area contributed by atoms with Gasteiger partial charge in [-0.15, -0.1) is 0 Å². The molecule has 0 aliphatic rings. The summed E-state index contributed by atoms with van der Waals surface area (Å²) in [7, 11) is -2.90. The first kappa shape index (κ1) is 19.2. The van der Waals surface area contributed by atoms with E-state index in [4.69, 9.17) is 0 Å². The lowest BCUT2D eigenvalue weighted by atomic mass is 9.90.